The van der Waals surface area contributed by atoms with Crippen LogP contribution >= 0.6 is 23.5 Å². The van der Waals surface area contributed by atoms with Crippen molar-refractivity contribution in [3.05, 3.63) is 0 Å². The van der Waals surface area contributed by atoms with Crippen LogP contribution in [0.25, 0.3) is 0 Å². The highest BCUT2D eigenvalue weighted by Crippen LogP contribution is 2.30. The molecule has 1 saturated heterocycles. The summed E-state index contributed by atoms with van der Waals surface area (Å²) in [5, 5.41) is 12.8. The highest BCUT2D eigenvalue weighted by molar-refractivity contribution is 8.00. The molecule has 3 atom stereocenters. The van der Waals surface area contributed by atoms with Crippen LogP contribution in [0.5, 0.6) is 0 Å². The molecular weight excluding hydrogens is 296 g/mol. The minimum Gasteiger partial charge on any atom is -0.480 e. The quantitative estimate of drug-likeness (QED) is 0.828. The topological polar surface area (TPSA) is 69.6 Å². The van der Waals surface area contributed by atoms with Crippen molar-refractivity contribution < 1.29 is 14.7 Å². The Morgan fingerprint density at radius 3 is 2.95 bits per heavy atom. The van der Waals surface area contributed by atoms with Gasteiger partial charge in [0.2, 0.25) is 0 Å². The van der Waals surface area contributed by atoms with Crippen molar-refractivity contribution in [2.45, 2.75) is 43.5 Å². The van der Waals surface area contributed by atoms with Crippen molar-refractivity contribution in [1.29, 1.82) is 0 Å². The van der Waals surface area contributed by atoms with Crippen LogP contribution < -0.4 is 5.32 Å². The second-order valence-electron chi connectivity index (χ2n) is 5.10. The largest absolute Gasteiger partial charge is 0.480 e. The summed E-state index contributed by atoms with van der Waals surface area (Å²) in [7, 11) is 0. The van der Waals surface area contributed by atoms with Crippen LogP contribution in [-0.4, -0.2) is 63.1 Å². The lowest BCUT2D eigenvalue weighted by Crippen LogP contribution is -2.56. The number of hydrogen-bond donors (Lipinski definition) is 2. The van der Waals surface area contributed by atoms with Gasteiger partial charge >= 0.3 is 12.0 Å². The third-order valence-electron chi connectivity index (χ3n) is 3.82. The molecule has 2 N–H and O–H groups in total. The van der Waals surface area contributed by atoms with Crippen molar-refractivity contribution in [3.8, 4) is 0 Å². The molecule has 7 heteroatoms. The van der Waals surface area contributed by atoms with Crippen molar-refractivity contribution in [2.24, 2.45) is 0 Å². The molecule has 114 valence electrons. The Hall–Kier alpha value is -0.560. The summed E-state index contributed by atoms with van der Waals surface area (Å²) in [5.41, 5.74) is 0. The molecule has 0 aromatic rings. The Morgan fingerprint density at radius 2 is 2.25 bits per heavy atom. The first kappa shape index (κ1) is 15.8. The Bertz CT molecular complexity index is 368. The minimum absolute atomic E-state index is 0.191. The number of carboxylic acid groups (broad SMARTS) is 1. The van der Waals surface area contributed by atoms with Gasteiger partial charge in [0.25, 0.3) is 0 Å². The number of rotatable bonds is 4. The van der Waals surface area contributed by atoms with E-state index in [0.717, 1.165) is 30.8 Å². The lowest BCUT2D eigenvalue weighted by molar-refractivity contribution is -0.141. The molecule has 2 fully saturated rings. The number of amides is 2. The molecule has 1 aliphatic carbocycles. The van der Waals surface area contributed by atoms with Gasteiger partial charge in [-0.05, 0) is 18.6 Å². The number of hydrogen-bond acceptors (Lipinski definition) is 4. The van der Waals surface area contributed by atoms with E-state index >= 15 is 0 Å². The zero-order valence-corrected chi connectivity index (χ0v) is 13.3. The maximum atomic E-state index is 12.4. The Labute approximate surface area is 128 Å². The molecule has 1 saturated carbocycles. The van der Waals surface area contributed by atoms with Gasteiger partial charge in [-0.1, -0.05) is 13.3 Å². The van der Waals surface area contributed by atoms with Crippen LogP contribution in [-0.2, 0) is 4.79 Å². The number of thioether (sulfide) groups is 2. The smallest absolute Gasteiger partial charge is 0.327 e. The van der Waals surface area contributed by atoms with E-state index in [1.54, 1.807) is 11.8 Å². The molecule has 1 aliphatic heterocycles. The van der Waals surface area contributed by atoms with Crippen LogP contribution in [0.15, 0.2) is 0 Å². The van der Waals surface area contributed by atoms with Crippen LogP contribution in [0.4, 0.5) is 4.79 Å². The van der Waals surface area contributed by atoms with Crippen LogP contribution in [0, 0.1) is 0 Å². The van der Waals surface area contributed by atoms with Crippen molar-refractivity contribution in [2.75, 3.05) is 23.8 Å². The second kappa shape index (κ2) is 7.45. The summed E-state index contributed by atoms with van der Waals surface area (Å²) in [6.07, 6.45) is 3.28. The predicted molar refractivity (Wildman–Crippen MR) is 83.5 cm³/mol. The van der Waals surface area contributed by atoms with E-state index in [1.165, 1.54) is 4.90 Å². The van der Waals surface area contributed by atoms with Gasteiger partial charge in [0.05, 0.1) is 0 Å². The average Bonchev–Trinajstić information content (AvgIpc) is 2.86. The lowest BCUT2D eigenvalue weighted by Gasteiger charge is -2.34. The van der Waals surface area contributed by atoms with E-state index in [-0.39, 0.29) is 12.1 Å². The maximum absolute atomic E-state index is 12.4. The molecule has 3 unspecified atom stereocenters. The van der Waals surface area contributed by atoms with E-state index in [4.69, 9.17) is 0 Å². The van der Waals surface area contributed by atoms with Crippen molar-refractivity contribution in [3.63, 3.8) is 0 Å². The third-order valence-corrected chi connectivity index (χ3v) is 6.16. The summed E-state index contributed by atoms with van der Waals surface area (Å²) in [4.78, 5) is 25.1. The number of carbonyl (C=O) groups is 2. The van der Waals surface area contributed by atoms with Crippen molar-refractivity contribution in [1.82, 2.24) is 10.2 Å². The van der Waals surface area contributed by atoms with Gasteiger partial charge in [-0.15, -0.1) is 0 Å². The van der Waals surface area contributed by atoms with Gasteiger partial charge in [0.15, 0.2) is 0 Å². The molecule has 5 nitrogen and oxygen atoms in total. The number of aliphatic carboxylic acids is 1. The second-order valence-corrected chi connectivity index (χ2v) is 7.77. The molecule has 20 heavy (non-hydrogen) atoms. The first-order valence-electron chi connectivity index (χ1n) is 7.12. The predicted octanol–water partition coefficient (Wildman–Crippen LogP) is 1.87. The first-order chi connectivity index (χ1) is 9.63. The lowest BCUT2D eigenvalue weighted by atomic mass is 10.2. The van der Waals surface area contributed by atoms with Crippen LogP contribution in [0.2, 0.25) is 0 Å². The number of carboxylic acids is 1. The summed E-state index contributed by atoms with van der Waals surface area (Å²) in [5.74, 6) is 1.45. The Kier molecular flexibility index (Phi) is 5.89. The maximum Gasteiger partial charge on any atom is 0.327 e. The standard InChI is InChI=1S/C13H22N2O3S2/c1-2-20-11-5-3-4-9(11)14-13(18)15-6-7-19-8-10(15)12(16)17/h9-11H,2-8H2,1H3,(H,14,18)(H,16,17). The summed E-state index contributed by atoms with van der Waals surface area (Å²) >= 11 is 3.49. The Morgan fingerprint density at radius 1 is 1.45 bits per heavy atom. The molecule has 0 spiro atoms. The minimum atomic E-state index is -0.904. The number of nitrogens with one attached hydrogen (secondary N) is 1. The number of urea groups is 1. The van der Waals surface area contributed by atoms with Gasteiger partial charge in [-0.3, -0.25) is 0 Å². The number of carbonyl (C=O) groups excluding carboxylic acids is 1. The molecule has 2 rings (SSSR count). The first-order valence-corrected chi connectivity index (χ1v) is 9.33. The fourth-order valence-electron chi connectivity index (χ4n) is 2.80. The Balaban J connectivity index is 1.94. The molecule has 0 aromatic heterocycles. The van der Waals surface area contributed by atoms with Gasteiger partial charge in [-0.2, -0.15) is 23.5 Å². The average molecular weight is 318 g/mol. The SMILES string of the molecule is CCSC1CCCC1NC(=O)N1CCSCC1C(=O)O. The van der Waals surface area contributed by atoms with Gasteiger partial charge in [0, 0.05) is 29.3 Å². The summed E-state index contributed by atoms with van der Waals surface area (Å²) < 4.78 is 0. The highest BCUT2D eigenvalue weighted by atomic mass is 32.2. The fraction of sp³-hybridized carbons (Fsp3) is 0.846. The molecule has 2 amide bonds. The van der Waals surface area contributed by atoms with E-state index in [1.807, 2.05) is 11.8 Å². The zero-order chi connectivity index (χ0) is 14.5. The summed E-state index contributed by atoms with van der Waals surface area (Å²) in [6, 6.07) is -0.699. The molecule has 0 aromatic carbocycles. The molecule has 0 bridgehead atoms. The normalized spacial score (nSPS) is 30.2. The molecule has 0 radical (unpaired) electrons. The van der Waals surface area contributed by atoms with Crippen LogP contribution in [0.3, 0.4) is 0 Å². The van der Waals surface area contributed by atoms with E-state index < -0.39 is 12.0 Å². The molecule has 2 aliphatic rings. The van der Waals surface area contributed by atoms with E-state index in [2.05, 4.69) is 12.2 Å². The van der Waals surface area contributed by atoms with E-state index in [0.29, 0.717) is 17.5 Å². The number of nitrogens with zero attached hydrogens (tertiary/aromatic N) is 1. The molecular formula is C13H22N2O3S2. The summed E-state index contributed by atoms with van der Waals surface area (Å²) in [6.45, 7) is 2.65. The highest BCUT2D eigenvalue weighted by Gasteiger charge is 2.35. The monoisotopic (exact) mass is 318 g/mol. The van der Waals surface area contributed by atoms with E-state index in [9.17, 15) is 14.7 Å². The van der Waals surface area contributed by atoms with Crippen molar-refractivity contribution >= 4 is 35.5 Å². The zero-order valence-electron chi connectivity index (χ0n) is 11.7. The third kappa shape index (κ3) is 3.75. The van der Waals surface area contributed by atoms with Gasteiger partial charge in [0.1, 0.15) is 6.04 Å². The fourth-order valence-corrected chi connectivity index (χ4v) is 5.03. The van der Waals surface area contributed by atoms with Gasteiger partial charge in [-0.25, -0.2) is 9.59 Å². The van der Waals surface area contributed by atoms with Gasteiger partial charge < -0.3 is 15.3 Å². The van der Waals surface area contributed by atoms with Crippen LogP contribution in [0.1, 0.15) is 26.2 Å². The molecule has 1 heterocycles.